The summed E-state index contributed by atoms with van der Waals surface area (Å²) in [6.07, 6.45) is 0.350. The van der Waals surface area contributed by atoms with E-state index in [2.05, 4.69) is 0 Å². The highest BCUT2D eigenvalue weighted by atomic mass is 35.5. The van der Waals surface area contributed by atoms with Gasteiger partial charge < -0.3 is 0 Å². The first kappa shape index (κ1) is 13.7. The zero-order valence-corrected chi connectivity index (χ0v) is 11.9. The summed E-state index contributed by atoms with van der Waals surface area (Å²) in [6, 6.07) is 8.18. The fraction of sp³-hybridized carbons (Fsp3) is 0.143. The molecule has 0 N–H and O–H groups in total. The summed E-state index contributed by atoms with van der Waals surface area (Å²) in [5.41, 5.74) is 2.05. The van der Waals surface area contributed by atoms with Gasteiger partial charge in [0.2, 0.25) is 0 Å². The van der Waals surface area contributed by atoms with Crippen LogP contribution in [0.15, 0.2) is 30.3 Å². The molecule has 18 heavy (non-hydrogen) atoms. The molecule has 0 radical (unpaired) electrons. The van der Waals surface area contributed by atoms with Crippen LogP contribution in [-0.4, -0.2) is 0 Å². The molecule has 0 amide bonds. The molecule has 2 aromatic carbocycles. The summed E-state index contributed by atoms with van der Waals surface area (Å²) in [5, 5.41) is 1.56. The lowest BCUT2D eigenvalue weighted by Gasteiger charge is -2.10. The maximum atomic E-state index is 13.7. The van der Waals surface area contributed by atoms with E-state index in [1.54, 1.807) is 24.3 Å². The summed E-state index contributed by atoms with van der Waals surface area (Å²) in [4.78, 5) is 0. The Balaban J connectivity index is 2.44. The second-order valence-corrected chi connectivity index (χ2v) is 5.21. The van der Waals surface area contributed by atoms with Crippen molar-refractivity contribution in [1.29, 1.82) is 0 Å². The Bertz CT molecular complexity index is 574. The first-order valence-electron chi connectivity index (χ1n) is 5.37. The minimum atomic E-state index is -0.328. The van der Waals surface area contributed by atoms with Crippen LogP contribution in [0.2, 0.25) is 15.1 Å². The predicted octanol–water partition coefficient (Wildman–Crippen LogP) is 5.69. The zero-order valence-electron chi connectivity index (χ0n) is 9.61. The molecule has 4 heteroatoms. The van der Waals surface area contributed by atoms with Crippen molar-refractivity contribution in [3.8, 4) is 0 Å². The van der Waals surface area contributed by atoms with E-state index < -0.39 is 0 Å². The maximum Gasteiger partial charge on any atom is 0.128 e. The average Bonchev–Trinajstić information content (AvgIpc) is 2.34. The molecular weight excluding hydrogens is 294 g/mol. The molecule has 0 saturated carbocycles. The van der Waals surface area contributed by atoms with Crippen molar-refractivity contribution >= 4 is 34.8 Å². The van der Waals surface area contributed by atoms with Gasteiger partial charge in [-0.2, -0.15) is 0 Å². The average molecular weight is 304 g/mol. The molecule has 94 valence electrons. The van der Waals surface area contributed by atoms with Crippen molar-refractivity contribution < 1.29 is 4.39 Å². The molecule has 0 aliphatic carbocycles. The summed E-state index contributed by atoms with van der Waals surface area (Å²) in [7, 11) is 0. The van der Waals surface area contributed by atoms with Gasteiger partial charge in [0.15, 0.2) is 0 Å². The molecule has 2 rings (SSSR count). The first-order valence-corrected chi connectivity index (χ1v) is 6.50. The third-order valence-electron chi connectivity index (χ3n) is 2.83. The Hall–Kier alpha value is -0.760. The van der Waals surface area contributed by atoms with Crippen LogP contribution in [0.4, 0.5) is 4.39 Å². The zero-order chi connectivity index (χ0) is 13.3. The molecule has 0 aliphatic heterocycles. The molecule has 2 aromatic rings. The second-order valence-electron chi connectivity index (χ2n) is 4.02. The van der Waals surface area contributed by atoms with E-state index in [4.69, 9.17) is 34.8 Å². The minimum absolute atomic E-state index is 0.328. The molecule has 0 spiro atoms. The van der Waals surface area contributed by atoms with E-state index in [0.29, 0.717) is 27.1 Å². The number of hydrogen-bond acceptors (Lipinski definition) is 0. The molecule has 0 aliphatic rings. The second kappa shape index (κ2) is 5.48. The van der Waals surface area contributed by atoms with Crippen molar-refractivity contribution in [1.82, 2.24) is 0 Å². The summed E-state index contributed by atoms with van der Waals surface area (Å²) in [5.74, 6) is -0.328. The van der Waals surface area contributed by atoms with Crippen molar-refractivity contribution in [3.05, 3.63) is 67.9 Å². The van der Waals surface area contributed by atoms with Gasteiger partial charge in [-0.1, -0.05) is 46.9 Å². The van der Waals surface area contributed by atoms with Crippen LogP contribution in [0.5, 0.6) is 0 Å². The first-order chi connectivity index (χ1) is 8.50. The van der Waals surface area contributed by atoms with E-state index in [-0.39, 0.29) is 5.82 Å². The Morgan fingerprint density at radius 3 is 2.39 bits per heavy atom. The fourth-order valence-electron chi connectivity index (χ4n) is 1.75. The lowest BCUT2D eigenvalue weighted by molar-refractivity contribution is 0.614. The smallest absolute Gasteiger partial charge is 0.128 e. The molecule has 0 atom stereocenters. The van der Waals surface area contributed by atoms with Gasteiger partial charge in [0, 0.05) is 27.1 Å². The number of benzene rings is 2. The van der Waals surface area contributed by atoms with Crippen molar-refractivity contribution in [2.45, 2.75) is 13.3 Å². The van der Waals surface area contributed by atoms with E-state index >= 15 is 0 Å². The van der Waals surface area contributed by atoms with Crippen LogP contribution >= 0.6 is 34.8 Å². The number of hydrogen-bond donors (Lipinski definition) is 0. The maximum absolute atomic E-state index is 13.7. The molecule has 0 nitrogen and oxygen atoms in total. The highest BCUT2D eigenvalue weighted by Crippen LogP contribution is 2.31. The van der Waals surface area contributed by atoms with Gasteiger partial charge in [-0.05, 0) is 36.2 Å². The lowest BCUT2D eigenvalue weighted by Crippen LogP contribution is -1.96. The molecular formula is C14H10Cl3F. The van der Waals surface area contributed by atoms with Gasteiger partial charge in [-0.25, -0.2) is 4.39 Å². The van der Waals surface area contributed by atoms with Gasteiger partial charge in [0.05, 0.1) is 0 Å². The third-order valence-corrected chi connectivity index (χ3v) is 4.12. The van der Waals surface area contributed by atoms with E-state index in [1.165, 1.54) is 6.07 Å². The van der Waals surface area contributed by atoms with Crippen molar-refractivity contribution in [2.24, 2.45) is 0 Å². The van der Waals surface area contributed by atoms with E-state index in [1.807, 2.05) is 6.92 Å². The van der Waals surface area contributed by atoms with Crippen molar-refractivity contribution in [3.63, 3.8) is 0 Å². The van der Waals surface area contributed by atoms with Gasteiger partial charge in [0.1, 0.15) is 5.82 Å². The standard InChI is InChI=1S/C14H10Cl3F/c1-8-11(15)6-5-9(14(8)17)7-10-12(16)3-2-4-13(10)18/h2-6H,7H2,1H3. The number of rotatable bonds is 2. The molecule has 0 aromatic heterocycles. The van der Waals surface area contributed by atoms with Crippen LogP contribution in [0.25, 0.3) is 0 Å². The quantitative estimate of drug-likeness (QED) is 0.669. The Kier molecular flexibility index (Phi) is 4.16. The monoisotopic (exact) mass is 302 g/mol. The normalized spacial score (nSPS) is 10.7. The summed E-state index contributed by atoms with van der Waals surface area (Å²) < 4.78 is 13.7. The summed E-state index contributed by atoms with van der Waals surface area (Å²) >= 11 is 18.2. The van der Waals surface area contributed by atoms with Crippen LogP contribution in [-0.2, 0) is 6.42 Å². The summed E-state index contributed by atoms with van der Waals surface area (Å²) in [6.45, 7) is 1.83. The largest absolute Gasteiger partial charge is 0.207 e. The minimum Gasteiger partial charge on any atom is -0.207 e. The predicted molar refractivity (Wildman–Crippen MR) is 75.4 cm³/mol. The van der Waals surface area contributed by atoms with Crippen LogP contribution < -0.4 is 0 Å². The van der Waals surface area contributed by atoms with Crippen LogP contribution in [0.1, 0.15) is 16.7 Å². The fourth-order valence-corrected chi connectivity index (χ4v) is 2.41. The van der Waals surface area contributed by atoms with Gasteiger partial charge in [-0.15, -0.1) is 0 Å². The topological polar surface area (TPSA) is 0 Å². The Labute approximate surface area is 120 Å². The highest BCUT2D eigenvalue weighted by molar-refractivity contribution is 6.36. The molecule has 0 unspecified atom stereocenters. The molecule has 0 bridgehead atoms. The van der Waals surface area contributed by atoms with Crippen LogP contribution in [0.3, 0.4) is 0 Å². The Morgan fingerprint density at radius 2 is 1.72 bits per heavy atom. The number of halogens is 4. The van der Waals surface area contributed by atoms with Gasteiger partial charge in [-0.3, -0.25) is 0 Å². The van der Waals surface area contributed by atoms with Crippen LogP contribution in [0, 0.1) is 12.7 Å². The third kappa shape index (κ3) is 2.64. The highest BCUT2D eigenvalue weighted by Gasteiger charge is 2.12. The van der Waals surface area contributed by atoms with Gasteiger partial charge >= 0.3 is 0 Å². The Morgan fingerprint density at radius 1 is 1.00 bits per heavy atom. The molecule has 0 fully saturated rings. The van der Waals surface area contributed by atoms with Gasteiger partial charge in [0.25, 0.3) is 0 Å². The molecule has 0 heterocycles. The van der Waals surface area contributed by atoms with Crippen molar-refractivity contribution in [2.75, 3.05) is 0 Å². The lowest BCUT2D eigenvalue weighted by atomic mass is 10.0. The van der Waals surface area contributed by atoms with E-state index in [9.17, 15) is 4.39 Å². The molecule has 0 saturated heterocycles. The van der Waals surface area contributed by atoms with E-state index in [0.717, 1.165) is 11.1 Å². The SMILES string of the molecule is Cc1c(Cl)ccc(Cc2c(F)cccc2Cl)c1Cl.